The van der Waals surface area contributed by atoms with E-state index in [2.05, 4.69) is 11.0 Å². The summed E-state index contributed by atoms with van der Waals surface area (Å²) >= 11 is 0. The molecule has 2 fully saturated rings. The van der Waals surface area contributed by atoms with Gasteiger partial charge in [-0.25, -0.2) is 0 Å². The van der Waals surface area contributed by atoms with Gasteiger partial charge in [0, 0.05) is 32.1 Å². The van der Waals surface area contributed by atoms with Gasteiger partial charge in [0.05, 0.1) is 12.0 Å². The molecule has 1 amide bonds. The van der Waals surface area contributed by atoms with Crippen LogP contribution in [0.15, 0.2) is 0 Å². The highest BCUT2D eigenvalue weighted by Gasteiger charge is 2.29. The number of nitriles is 1. The molecule has 100 valence electrons. The molecule has 2 heterocycles. The molecule has 0 spiro atoms. The normalized spacial score (nSPS) is 26.9. The summed E-state index contributed by atoms with van der Waals surface area (Å²) in [4.78, 5) is 16.1. The fourth-order valence-corrected chi connectivity index (χ4v) is 3.15. The Morgan fingerprint density at radius 2 is 2.00 bits per heavy atom. The third-order valence-electron chi connectivity index (χ3n) is 4.27. The zero-order valence-corrected chi connectivity index (χ0v) is 11.3. The smallest absolute Gasteiger partial charge is 0.222 e. The lowest BCUT2D eigenvalue weighted by atomic mass is 9.95. The Hall–Kier alpha value is -1.08. The van der Waals surface area contributed by atoms with Gasteiger partial charge in [0.25, 0.3) is 0 Å². The van der Waals surface area contributed by atoms with Gasteiger partial charge in [-0.3, -0.25) is 9.69 Å². The second kappa shape index (κ2) is 6.19. The van der Waals surface area contributed by atoms with Gasteiger partial charge in [0.15, 0.2) is 0 Å². The molecule has 0 N–H and O–H groups in total. The first-order valence-electron chi connectivity index (χ1n) is 7.16. The van der Waals surface area contributed by atoms with Crippen molar-refractivity contribution in [2.24, 2.45) is 5.92 Å². The summed E-state index contributed by atoms with van der Waals surface area (Å²) in [5, 5.41) is 9.02. The van der Waals surface area contributed by atoms with Crippen LogP contribution >= 0.6 is 0 Å². The number of nitrogens with zero attached hydrogens (tertiary/aromatic N) is 3. The van der Waals surface area contributed by atoms with Crippen LogP contribution in [-0.2, 0) is 4.79 Å². The van der Waals surface area contributed by atoms with E-state index in [0.29, 0.717) is 12.5 Å². The van der Waals surface area contributed by atoms with Crippen LogP contribution in [0.1, 0.15) is 39.0 Å². The van der Waals surface area contributed by atoms with Gasteiger partial charge in [0.1, 0.15) is 0 Å². The Morgan fingerprint density at radius 1 is 1.28 bits per heavy atom. The first-order valence-corrected chi connectivity index (χ1v) is 7.16. The zero-order valence-electron chi connectivity index (χ0n) is 11.3. The summed E-state index contributed by atoms with van der Waals surface area (Å²) in [7, 11) is 0. The summed E-state index contributed by atoms with van der Waals surface area (Å²) in [5.41, 5.74) is 0. The molecule has 0 bridgehead atoms. The number of likely N-dealkylation sites (tertiary alicyclic amines) is 2. The lowest BCUT2D eigenvalue weighted by Crippen LogP contribution is -2.49. The molecule has 0 saturated carbocycles. The maximum Gasteiger partial charge on any atom is 0.222 e. The number of amides is 1. The highest BCUT2D eigenvalue weighted by atomic mass is 16.2. The molecule has 2 aliphatic heterocycles. The number of hydrogen-bond acceptors (Lipinski definition) is 3. The molecule has 0 aromatic rings. The van der Waals surface area contributed by atoms with Gasteiger partial charge >= 0.3 is 0 Å². The molecule has 0 aromatic heterocycles. The van der Waals surface area contributed by atoms with E-state index in [-0.39, 0.29) is 11.8 Å². The molecule has 0 radical (unpaired) electrons. The van der Waals surface area contributed by atoms with Gasteiger partial charge < -0.3 is 4.90 Å². The van der Waals surface area contributed by atoms with Crippen molar-refractivity contribution in [3.63, 3.8) is 0 Å². The standard InChI is InChI=1S/C14H23N3O/c1-2-14(18)16-8-5-13(6-9-16)17-7-3-4-12(10-15)11-17/h12-13H,2-9,11H2,1H3. The van der Waals surface area contributed by atoms with E-state index in [1.807, 2.05) is 11.8 Å². The minimum Gasteiger partial charge on any atom is -0.343 e. The minimum absolute atomic E-state index is 0.217. The summed E-state index contributed by atoms with van der Waals surface area (Å²) in [6.45, 7) is 5.78. The largest absolute Gasteiger partial charge is 0.343 e. The monoisotopic (exact) mass is 249 g/mol. The SMILES string of the molecule is CCC(=O)N1CCC(N2CCCC(C#N)C2)CC1. The molecule has 1 unspecified atom stereocenters. The maximum absolute atomic E-state index is 11.6. The third kappa shape index (κ3) is 3.02. The second-order valence-electron chi connectivity index (χ2n) is 5.43. The van der Waals surface area contributed by atoms with Crippen LogP contribution in [0.5, 0.6) is 0 Å². The van der Waals surface area contributed by atoms with Crippen LogP contribution in [0.2, 0.25) is 0 Å². The van der Waals surface area contributed by atoms with Crippen molar-refractivity contribution in [2.45, 2.75) is 45.1 Å². The van der Waals surface area contributed by atoms with Crippen molar-refractivity contribution in [1.29, 1.82) is 5.26 Å². The summed E-state index contributed by atoms with van der Waals surface area (Å²) < 4.78 is 0. The van der Waals surface area contributed by atoms with Crippen LogP contribution in [0, 0.1) is 17.2 Å². The number of hydrogen-bond donors (Lipinski definition) is 0. The number of carbonyl (C=O) groups excluding carboxylic acids is 1. The molecular weight excluding hydrogens is 226 g/mol. The van der Waals surface area contributed by atoms with Crippen LogP contribution in [0.3, 0.4) is 0 Å². The van der Waals surface area contributed by atoms with Crippen LogP contribution in [0.25, 0.3) is 0 Å². The topological polar surface area (TPSA) is 47.3 Å². The minimum atomic E-state index is 0.217. The van der Waals surface area contributed by atoms with Crippen molar-refractivity contribution < 1.29 is 4.79 Å². The molecule has 2 aliphatic rings. The lowest BCUT2D eigenvalue weighted by molar-refractivity contribution is -0.132. The fourth-order valence-electron chi connectivity index (χ4n) is 3.15. The number of carbonyl (C=O) groups is 1. The molecule has 4 heteroatoms. The first kappa shape index (κ1) is 13.4. The lowest BCUT2D eigenvalue weighted by Gasteiger charge is -2.41. The third-order valence-corrected chi connectivity index (χ3v) is 4.27. The number of rotatable bonds is 2. The number of piperidine rings is 2. The van der Waals surface area contributed by atoms with Crippen LogP contribution in [-0.4, -0.2) is 47.9 Å². The molecule has 0 aromatic carbocycles. The van der Waals surface area contributed by atoms with E-state index in [1.165, 1.54) is 0 Å². The van der Waals surface area contributed by atoms with E-state index in [4.69, 9.17) is 5.26 Å². The molecule has 4 nitrogen and oxygen atoms in total. The highest BCUT2D eigenvalue weighted by Crippen LogP contribution is 2.23. The van der Waals surface area contributed by atoms with Gasteiger partial charge in [0.2, 0.25) is 5.91 Å². The Labute approximate surface area is 110 Å². The predicted molar refractivity (Wildman–Crippen MR) is 69.8 cm³/mol. The van der Waals surface area contributed by atoms with Crippen molar-refractivity contribution >= 4 is 5.91 Å². The van der Waals surface area contributed by atoms with Gasteiger partial charge in [-0.15, -0.1) is 0 Å². The van der Waals surface area contributed by atoms with Crippen molar-refractivity contribution in [2.75, 3.05) is 26.2 Å². The van der Waals surface area contributed by atoms with Gasteiger partial charge in [-0.05, 0) is 32.2 Å². The molecule has 2 saturated heterocycles. The van der Waals surface area contributed by atoms with Crippen LogP contribution in [0.4, 0.5) is 0 Å². The van der Waals surface area contributed by atoms with Crippen molar-refractivity contribution in [3.05, 3.63) is 0 Å². The Bertz CT molecular complexity index is 328. The van der Waals surface area contributed by atoms with Crippen LogP contribution < -0.4 is 0 Å². The Morgan fingerprint density at radius 3 is 2.61 bits per heavy atom. The molecule has 1 atom stereocenters. The quantitative estimate of drug-likeness (QED) is 0.747. The molecular formula is C14H23N3O. The van der Waals surface area contributed by atoms with E-state index in [1.54, 1.807) is 0 Å². The van der Waals surface area contributed by atoms with Gasteiger partial charge in [-0.1, -0.05) is 6.92 Å². The van der Waals surface area contributed by atoms with E-state index in [9.17, 15) is 4.79 Å². The van der Waals surface area contributed by atoms with Crippen molar-refractivity contribution in [1.82, 2.24) is 9.80 Å². The fraction of sp³-hybridized carbons (Fsp3) is 0.857. The maximum atomic E-state index is 11.6. The van der Waals surface area contributed by atoms with E-state index < -0.39 is 0 Å². The molecule has 0 aliphatic carbocycles. The molecule has 18 heavy (non-hydrogen) atoms. The summed E-state index contributed by atoms with van der Waals surface area (Å²) in [6.07, 6.45) is 4.96. The predicted octanol–water partition coefficient (Wildman–Crippen LogP) is 1.62. The average molecular weight is 249 g/mol. The average Bonchev–Trinajstić information content (AvgIpc) is 2.46. The molecule has 2 rings (SSSR count). The van der Waals surface area contributed by atoms with E-state index in [0.717, 1.165) is 51.9 Å². The summed E-state index contributed by atoms with van der Waals surface area (Å²) in [5.74, 6) is 0.496. The summed E-state index contributed by atoms with van der Waals surface area (Å²) in [6, 6.07) is 2.99. The highest BCUT2D eigenvalue weighted by molar-refractivity contribution is 5.75. The van der Waals surface area contributed by atoms with Gasteiger partial charge in [-0.2, -0.15) is 5.26 Å². The second-order valence-corrected chi connectivity index (χ2v) is 5.43. The Balaban J connectivity index is 1.82. The zero-order chi connectivity index (χ0) is 13.0. The Kier molecular flexibility index (Phi) is 4.60. The van der Waals surface area contributed by atoms with E-state index >= 15 is 0 Å². The first-order chi connectivity index (χ1) is 8.74. The van der Waals surface area contributed by atoms with Crippen molar-refractivity contribution in [3.8, 4) is 6.07 Å².